The molecule has 0 atom stereocenters. The van der Waals surface area contributed by atoms with Crippen molar-refractivity contribution in [2.75, 3.05) is 39.3 Å². The summed E-state index contributed by atoms with van der Waals surface area (Å²) in [7, 11) is 0. The Balaban J connectivity index is 1.61. The van der Waals surface area contributed by atoms with Crippen molar-refractivity contribution in [3.63, 3.8) is 0 Å². The summed E-state index contributed by atoms with van der Waals surface area (Å²) >= 11 is 0. The van der Waals surface area contributed by atoms with Gasteiger partial charge in [-0.3, -0.25) is 14.5 Å². The Bertz CT molecular complexity index is 1040. The van der Waals surface area contributed by atoms with Gasteiger partial charge in [0.1, 0.15) is 12.2 Å². The van der Waals surface area contributed by atoms with E-state index in [-0.39, 0.29) is 23.8 Å². The molecule has 0 spiro atoms. The quantitative estimate of drug-likeness (QED) is 0.714. The molecule has 0 aliphatic carbocycles. The van der Waals surface area contributed by atoms with Crippen molar-refractivity contribution in [1.82, 2.24) is 19.4 Å². The van der Waals surface area contributed by atoms with Crippen LogP contribution in [-0.2, 0) is 11.3 Å². The highest BCUT2D eigenvalue weighted by Crippen LogP contribution is 2.27. The smallest absolute Gasteiger partial charge is 0.291 e. The highest BCUT2D eigenvalue weighted by molar-refractivity contribution is 6.03. The zero-order chi connectivity index (χ0) is 22.2. The Morgan fingerprint density at radius 2 is 1.87 bits per heavy atom. The van der Waals surface area contributed by atoms with Gasteiger partial charge in [0, 0.05) is 49.0 Å². The normalized spacial score (nSPS) is 18.0. The number of hydrogen-bond donors (Lipinski definition) is 0. The number of amides is 2. The molecule has 31 heavy (non-hydrogen) atoms. The van der Waals surface area contributed by atoms with E-state index in [0.717, 1.165) is 36.2 Å². The molecular weight excluding hydrogens is 390 g/mol. The third-order valence-corrected chi connectivity index (χ3v) is 6.08. The minimum absolute atomic E-state index is 0.0403. The van der Waals surface area contributed by atoms with Crippen LogP contribution < -0.4 is 0 Å². The molecular formula is C24H31N5O2. The second-order valence-electron chi connectivity index (χ2n) is 9.30. The topological polar surface area (TPSA) is 61.1 Å². The second kappa shape index (κ2) is 8.30. The van der Waals surface area contributed by atoms with Crippen molar-refractivity contribution in [3.05, 3.63) is 48.7 Å². The predicted molar refractivity (Wildman–Crippen MR) is 123 cm³/mol. The summed E-state index contributed by atoms with van der Waals surface area (Å²) in [4.78, 5) is 30.6. The van der Waals surface area contributed by atoms with Gasteiger partial charge in [-0.25, -0.2) is 5.01 Å². The minimum atomic E-state index is -0.231. The van der Waals surface area contributed by atoms with Crippen LogP contribution in [0.3, 0.4) is 0 Å². The van der Waals surface area contributed by atoms with Crippen molar-refractivity contribution in [1.29, 1.82) is 0 Å². The average molecular weight is 422 g/mol. The summed E-state index contributed by atoms with van der Waals surface area (Å²) in [6.45, 7) is 14.3. The van der Waals surface area contributed by atoms with Crippen LogP contribution in [0.1, 0.15) is 31.3 Å². The van der Waals surface area contributed by atoms with Crippen molar-refractivity contribution in [3.8, 4) is 0 Å². The van der Waals surface area contributed by atoms with Crippen LogP contribution in [0.2, 0.25) is 0 Å². The number of piperazine rings is 1. The lowest BCUT2D eigenvalue weighted by atomic mass is 9.90. The number of carbonyl (C=O) groups excluding carboxylic acids is 2. The van der Waals surface area contributed by atoms with Gasteiger partial charge >= 0.3 is 0 Å². The first kappa shape index (κ1) is 21.3. The van der Waals surface area contributed by atoms with Crippen LogP contribution in [0.25, 0.3) is 10.9 Å². The number of aromatic nitrogens is 1. The van der Waals surface area contributed by atoms with E-state index in [1.807, 2.05) is 45.9 Å². The highest BCUT2D eigenvalue weighted by atomic mass is 16.2. The number of hydrazone groups is 1. The molecule has 7 heteroatoms. The standard InChI is InChI=1S/C24H31N5O2/c1-5-10-26-11-13-27(14-12-26)22(30)17-29-23(31)20-15-18-8-6-7-9-19(18)28(20)16-21(25-29)24(2,3)4/h5-9,15H,1,10-14,16-17H2,2-4H3. The van der Waals surface area contributed by atoms with Gasteiger partial charge in [-0.15, -0.1) is 6.58 Å². The molecule has 1 saturated heterocycles. The van der Waals surface area contributed by atoms with Crippen LogP contribution in [0.5, 0.6) is 0 Å². The second-order valence-corrected chi connectivity index (χ2v) is 9.30. The van der Waals surface area contributed by atoms with Gasteiger partial charge in [-0.2, -0.15) is 5.10 Å². The summed E-state index contributed by atoms with van der Waals surface area (Å²) in [5, 5.41) is 7.10. The van der Waals surface area contributed by atoms with Gasteiger partial charge in [0.15, 0.2) is 0 Å². The van der Waals surface area contributed by atoms with E-state index in [9.17, 15) is 9.59 Å². The van der Waals surface area contributed by atoms with Crippen molar-refractivity contribution < 1.29 is 9.59 Å². The number of nitrogens with zero attached hydrogens (tertiary/aromatic N) is 5. The largest absolute Gasteiger partial charge is 0.339 e. The molecule has 3 heterocycles. The Kier molecular flexibility index (Phi) is 5.71. The van der Waals surface area contributed by atoms with E-state index in [0.29, 0.717) is 25.3 Å². The van der Waals surface area contributed by atoms with Gasteiger partial charge in [-0.05, 0) is 12.1 Å². The lowest BCUT2D eigenvalue weighted by molar-refractivity contribution is -0.133. The molecule has 0 unspecified atom stereocenters. The van der Waals surface area contributed by atoms with Crippen LogP contribution >= 0.6 is 0 Å². The molecule has 164 valence electrons. The van der Waals surface area contributed by atoms with Crippen molar-refractivity contribution in [2.24, 2.45) is 10.5 Å². The molecule has 1 aromatic carbocycles. The average Bonchev–Trinajstić information content (AvgIpc) is 3.04. The molecule has 4 rings (SSSR count). The third kappa shape index (κ3) is 4.28. The van der Waals surface area contributed by atoms with Gasteiger partial charge in [-0.1, -0.05) is 45.0 Å². The summed E-state index contributed by atoms with van der Waals surface area (Å²) < 4.78 is 2.03. The minimum Gasteiger partial charge on any atom is -0.339 e. The highest BCUT2D eigenvalue weighted by Gasteiger charge is 2.32. The molecule has 0 bridgehead atoms. The fourth-order valence-corrected chi connectivity index (χ4v) is 4.15. The van der Waals surface area contributed by atoms with E-state index in [2.05, 4.69) is 32.3 Å². The molecule has 2 aliphatic rings. The fraction of sp³-hybridized carbons (Fsp3) is 0.458. The summed E-state index contributed by atoms with van der Waals surface area (Å²) in [6.07, 6.45) is 1.88. The molecule has 2 aliphatic heterocycles. The van der Waals surface area contributed by atoms with E-state index >= 15 is 0 Å². The predicted octanol–water partition coefficient (Wildman–Crippen LogP) is 2.83. The zero-order valence-electron chi connectivity index (χ0n) is 18.7. The van der Waals surface area contributed by atoms with E-state index in [1.165, 1.54) is 5.01 Å². The molecule has 1 fully saturated rings. The van der Waals surface area contributed by atoms with E-state index < -0.39 is 0 Å². The Morgan fingerprint density at radius 3 is 2.55 bits per heavy atom. The summed E-state index contributed by atoms with van der Waals surface area (Å²) in [5.41, 5.74) is 2.23. The number of hydrogen-bond acceptors (Lipinski definition) is 4. The number of rotatable bonds is 4. The maximum Gasteiger partial charge on any atom is 0.291 e. The Hall–Kier alpha value is -2.93. The number of benzene rings is 1. The monoisotopic (exact) mass is 421 g/mol. The first-order valence-electron chi connectivity index (χ1n) is 10.9. The van der Waals surface area contributed by atoms with Crippen LogP contribution in [0.4, 0.5) is 0 Å². The molecule has 7 nitrogen and oxygen atoms in total. The Morgan fingerprint density at radius 1 is 1.16 bits per heavy atom. The maximum atomic E-state index is 13.4. The number of para-hydroxylation sites is 1. The zero-order valence-corrected chi connectivity index (χ0v) is 18.7. The first-order valence-corrected chi connectivity index (χ1v) is 10.9. The van der Waals surface area contributed by atoms with E-state index in [4.69, 9.17) is 5.10 Å². The van der Waals surface area contributed by atoms with Crippen LogP contribution in [-0.4, -0.2) is 76.2 Å². The van der Waals surface area contributed by atoms with Gasteiger partial charge in [0.2, 0.25) is 5.91 Å². The number of fused-ring (bicyclic) bond motifs is 3. The molecule has 1 aromatic heterocycles. The van der Waals surface area contributed by atoms with Crippen molar-refractivity contribution >= 4 is 28.4 Å². The van der Waals surface area contributed by atoms with Gasteiger partial charge in [0.25, 0.3) is 5.91 Å². The third-order valence-electron chi connectivity index (χ3n) is 6.08. The van der Waals surface area contributed by atoms with Gasteiger partial charge in [0.05, 0.1) is 12.3 Å². The maximum absolute atomic E-state index is 13.4. The van der Waals surface area contributed by atoms with Crippen molar-refractivity contribution in [2.45, 2.75) is 27.3 Å². The van der Waals surface area contributed by atoms with Crippen LogP contribution in [0, 0.1) is 5.41 Å². The molecule has 2 aromatic rings. The summed E-state index contributed by atoms with van der Waals surface area (Å²) in [6, 6.07) is 9.89. The Labute approximate surface area is 183 Å². The lowest BCUT2D eigenvalue weighted by Gasteiger charge is -2.34. The molecule has 0 saturated carbocycles. The fourth-order valence-electron chi connectivity index (χ4n) is 4.15. The summed E-state index contributed by atoms with van der Waals surface area (Å²) in [5.74, 6) is -0.290. The molecule has 0 N–H and O–H groups in total. The van der Waals surface area contributed by atoms with Gasteiger partial charge < -0.3 is 9.47 Å². The SMILES string of the molecule is C=CCN1CCN(C(=O)CN2N=C(C(C)(C)C)Cn3c(cc4ccccc43)C2=O)CC1. The molecule has 0 radical (unpaired) electrons. The molecule has 2 amide bonds. The van der Waals surface area contributed by atoms with E-state index in [1.54, 1.807) is 0 Å². The first-order chi connectivity index (χ1) is 14.8. The number of carbonyl (C=O) groups is 2. The lowest BCUT2D eigenvalue weighted by Crippen LogP contribution is -2.51. The van der Waals surface area contributed by atoms with Crippen LogP contribution in [0.15, 0.2) is 48.1 Å².